The molecular formula is C24H20N4O3. The van der Waals surface area contributed by atoms with Crippen molar-refractivity contribution in [2.75, 3.05) is 0 Å². The van der Waals surface area contributed by atoms with Crippen molar-refractivity contribution in [2.45, 2.75) is 6.54 Å². The first-order valence-electron chi connectivity index (χ1n) is 9.63. The van der Waals surface area contributed by atoms with E-state index in [1.54, 1.807) is 59.4 Å². The second kappa shape index (κ2) is 8.96. The van der Waals surface area contributed by atoms with Crippen molar-refractivity contribution in [3.05, 3.63) is 108 Å². The van der Waals surface area contributed by atoms with E-state index in [1.165, 1.54) is 0 Å². The van der Waals surface area contributed by atoms with Crippen molar-refractivity contribution in [2.24, 2.45) is 5.73 Å². The molecule has 0 aliphatic rings. The van der Waals surface area contributed by atoms with Gasteiger partial charge in [0, 0.05) is 29.4 Å². The molecule has 0 spiro atoms. The van der Waals surface area contributed by atoms with E-state index in [1.807, 2.05) is 36.5 Å². The third-order valence-electron chi connectivity index (χ3n) is 4.60. The van der Waals surface area contributed by atoms with Crippen LogP contribution in [-0.4, -0.2) is 21.6 Å². The number of aromatic nitrogens is 2. The predicted octanol–water partition coefficient (Wildman–Crippen LogP) is 3.69. The lowest BCUT2D eigenvalue weighted by molar-refractivity contribution is 0.0949. The molecule has 0 saturated carbocycles. The maximum Gasteiger partial charge on any atom is 0.251 e. The van der Waals surface area contributed by atoms with Crippen LogP contribution in [0.25, 0.3) is 5.69 Å². The average Bonchev–Trinajstić information content (AvgIpc) is 3.28. The lowest BCUT2D eigenvalue weighted by Crippen LogP contribution is -2.22. The van der Waals surface area contributed by atoms with E-state index in [4.69, 9.17) is 10.5 Å². The Kier molecular flexibility index (Phi) is 5.75. The summed E-state index contributed by atoms with van der Waals surface area (Å²) in [6, 6.07) is 23.1. The maximum atomic E-state index is 12.4. The number of nitrogens with one attached hydrogen (secondary N) is 1. The Labute approximate surface area is 179 Å². The number of ether oxygens (including phenoxy) is 1. The number of nitrogens with zero attached hydrogens (tertiary/aromatic N) is 2. The van der Waals surface area contributed by atoms with E-state index < -0.39 is 5.91 Å². The van der Waals surface area contributed by atoms with Crippen LogP contribution >= 0.6 is 0 Å². The van der Waals surface area contributed by atoms with Crippen molar-refractivity contribution < 1.29 is 14.3 Å². The zero-order valence-corrected chi connectivity index (χ0v) is 16.6. The molecule has 0 aliphatic heterocycles. The van der Waals surface area contributed by atoms with Gasteiger partial charge in [-0.2, -0.15) is 5.10 Å². The Bertz CT molecular complexity index is 1180. The van der Waals surface area contributed by atoms with Gasteiger partial charge in [-0.1, -0.05) is 18.2 Å². The molecular weight excluding hydrogens is 392 g/mol. The van der Waals surface area contributed by atoms with Crippen LogP contribution in [0.2, 0.25) is 0 Å². The van der Waals surface area contributed by atoms with Gasteiger partial charge in [0.1, 0.15) is 11.5 Å². The van der Waals surface area contributed by atoms with Gasteiger partial charge in [-0.25, -0.2) is 4.68 Å². The van der Waals surface area contributed by atoms with Gasteiger partial charge in [0.2, 0.25) is 5.91 Å². The third-order valence-corrected chi connectivity index (χ3v) is 4.60. The zero-order valence-electron chi connectivity index (χ0n) is 16.6. The Balaban J connectivity index is 1.33. The highest BCUT2D eigenvalue weighted by Crippen LogP contribution is 2.22. The molecule has 0 bridgehead atoms. The number of hydrogen-bond acceptors (Lipinski definition) is 4. The van der Waals surface area contributed by atoms with Crippen LogP contribution in [0.1, 0.15) is 26.3 Å². The average molecular weight is 412 g/mol. The van der Waals surface area contributed by atoms with E-state index >= 15 is 0 Å². The minimum absolute atomic E-state index is 0.190. The summed E-state index contributed by atoms with van der Waals surface area (Å²) in [7, 11) is 0. The molecule has 31 heavy (non-hydrogen) atoms. The summed E-state index contributed by atoms with van der Waals surface area (Å²) in [6.07, 6.45) is 3.61. The largest absolute Gasteiger partial charge is 0.457 e. The van der Waals surface area contributed by atoms with Crippen molar-refractivity contribution in [3.63, 3.8) is 0 Å². The van der Waals surface area contributed by atoms with E-state index in [0.717, 1.165) is 11.3 Å². The second-order valence-electron chi connectivity index (χ2n) is 6.83. The number of nitrogens with two attached hydrogens (primary N) is 1. The summed E-state index contributed by atoms with van der Waals surface area (Å²) in [5, 5.41) is 7.22. The molecule has 0 atom stereocenters. The van der Waals surface area contributed by atoms with Crippen LogP contribution in [0.3, 0.4) is 0 Å². The van der Waals surface area contributed by atoms with Crippen LogP contribution in [0.15, 0.2) is 91.3 Å². The van der Waals surface area contributed by atoms with Crippen molar-refractivity contribution in [1.82, 2.24) is 15.1 Å². The van der Waals surface area contributed by atoms with Crippen LogP contribution in [0.5, 0.6) is 11.5 Å². The Morgan fingerprint density at radius 2 is 1.48 bits per heavy atom. The summed E-state index contributed by atoms with van der Waals surface area (Å²) < 4.78 is 7.49. The molecule has 0 unspecified atom stereocenters. The topological polar surface area (TPSA) is 99.2 Å². The fourth-order valence-corrected chi connectivity index (χ4v) is 2.96. The molecule has 154 valence electrons. The highest BCUT2D eigenvalue weighted by Gasteiger charge is 2.08. The lowest BCUT2D eigenvalue weighted by Gasteiger charge is -2.08. The molecule has 0 fully saturated rings. The first kappa shape index (κ1) is 19.9. The Hall–Kier alpha value is -4.39. The third kappa shape index (κ3) is 4.97. The van der Waals surface area contributed by atoms with E-state index in [2.05, 4.69) is 10.4 Å². The molecule has 3 aromatic carbocycles. The molecule has 0 radical (unpaired) electrons. The summed E-state index contributed by atoms with van der Waals surface area (Å²) in [5.74, 6) is 0.462. The SMILES string of the molecule is NC(=O)c1ccc(Oc2ccc(C(=O)NCc3cnn(-c4ccccc4)c3)cc2)cc1. The van der Waals surface area contributed by atoms with Gasteiger partial charge in [0.25, 0.3) is 5.91 Å². The van der Waals surface area contributed by atoms with Crippen LogP contribution < -0.4 is 15.8 Å². The van der Waals surface area contributed by atoms with Gasteiger partial charge in [-0.05, 0) is 60.7 Å². The molecule has 2 amide bonds. The normalized spacial score (nSPS) is 10.5. The molecule has 7 heteroatoms. The minimum atomic E-state index is -0.491. The number of amides is 2. The summed E-state index contributed by atoms with van der Waals surface area (Å²) in [6.45, 7) is 0.371. The van der Waals surface area contributed by atoms with Crippen LogP contribution in [0.4, 0.5) is 0 Å². The second-order valence-corrected chi connectivity index (χ2v) is 6.83. The predicted molar refractivity (Wildman–Crippen MR) is 116 cm³/mol. The number of hydrogen-bond donors (Lipinski definition) is 2. The van der Waals surface area contributed by atoms with Crippen molar-refractivity contribution in [1.29, 1.82) is 0 Å². The van der Waals surface area contributed by atoms with Gasteiger partial charge in [0.05, 0.1) is 11.9 Å². The van der Waals surface area contributed by atoms with E-state index in [9.17, 15) is 9.59 Å². The first-order valence-corrected chi connectivity index (χ1v) is 9.63. The quantitative estimate of drug-likeness (QED) is 0.483. The minimum Gasteiger partial charge on any atom is -0.457 e. The summed E-state index contributed by atoms with van der Waals surface area (Å²) in [5.41, 5.74) is 8.02. The van der Waals surface area contributed by atoms with Gasteiger partial charge in [-0.3, -0.25) is 9.59 Å². The summed E-state index contributed by atoms with van der Waals surface area (Å²) in [4.78, 5) is 23.6. The van der Waals surface area contributed by atoms with Gasteiger partial charge in [-0.15, -0.1) is 0 Å². The number of carbonyl (C=O) groups excluding carboxylic acids is 2. The maximum absolute atomic E-state index is 12.4. The summed E-state index contributed by atoms with van der Waals surface area (Å²) >= 11 is 0. The molecule has 4 rings (SSSR count). The van der Waals surface area contributed by atoms with Gasteiger partial charge in [0.15, 0.2) is 0 Å². The highest BCUT2D eigenvalue weighted by molar-refractivity contribution is 5.94. The van der Waals surface area contributed by atoms with Gasteiger partial charge < -0.3 is 15.8 Å². The monoisotopic (exact) mass is 412 g/mol. The Morgan fingerprint density at radius 3 is 2.10 bits per heavy atom. The lowest BCUT2D eigenvalue weighted by atomic mass is 10.2. The molecule has 4 aromatic rings. The molecule has 3 N–H and O–H groups in total. The molecule has 1 heterocycles. The number of carbonyl (C=O) groups is 2. The van der Waals surface area contributed by atoms with E-state index in [-0.39, 0.29) is 5.91 Å². The molecule has 0 saturated heterocycles. The molecule has 1 aromatic heterocycles. The number of rotatable bonds is 7. The van der Waals surface area contributed by atoms with Crippen molar-refractivity contribution >= 4 is 11.8 Å². The molecule has 0 aliphatic carbocycles. The number of primary amides is 1. The number of para-hydroxylation sites is 1. The smallest absolute Gasteiger partial charge is 0.251 e. The standard InChI is InChI=1S/C24H20N4O3/c25-23(29)18-6-10-21(11-7-18)31-22-12-8-19(9-13-22)24(30)26-14-17-15-27-28(16-17)20-4-2-1-3-5-20/h1-13,15-16H,14H2,(H2,25,29)(H,26,30). The number of benzene rings is 3. The van der Waals surface area contributed by atoms with E-state index in [0.29, 0.717) is 29.2 Å². The van der Waals surface area contributed by atoms with Gasteiger partial charge >= 0.3 is 0 Å². The fourth-order valence-electron chi connectivity index (χ4n) is 2.96. The fraction of sp³-hybridized carbons (Fsp3) is 0.0417. The van der Waals surface area contributed by atoms with Crippen LogP contribution in [-0.2, 0) is 6.54 Å². The zero-order chi connectivity index (χ0) is 21.6. The van der Waals surface area contributed by atoms with Crippen molar-refractivity contribution in [3.8, 4) is 17.2 Å². The van der Waals surface area contributed by atoms with Crippen LogP contribution in [0, 0.1) is 0 Å². The Morgan fingerprint density at radius 1 is 0.871 bits per heavy atom. The molecule has 7 nitrogen and oxygen atoms in total. The first-order chi connectivity index (χ1) is 15.1. The highest BCUT2D eigenvalue weighted by atomic mass is 16.5.